The van der Waals surface area contributed by atoms with Gasteiger partial charge in [-0.3, -0.25) is 0 Å². The molecule has 4 nitrogen and oxygen atoms in total. The minimum atomic E-state index is 0.221. The van der Waals surface area contributed by atoms with Crippen LogP contribution in [0.2, 0.25) is 0 Å². The van der Waals surface area contributed by atoms with Crippen LogP contribution in [-0.2, 0) is 4.74 Å². The number of ether oxygens (including phenoxy) is 1. The molecule has 0 aromatic carbocycles. The van der Waals surface area contributed by atoms with Crippen LogP contribution < -0.4 is 5.32 Å². The molecule has 5 heteroatoms. The highest BCUT2D eigenvalue weighted by Crippen LogP contribution is 2.14. The summed E-state index contributed by atoms with van der Waals surface area (Å²) < 4.78 is 6.76. The van der Waals surface area contributed by atoms with Gasteiger partial charge in [-0.15, -0.1) is 0 Å². The highest BCUT2D eigenvalue weighted by molar-refractivity contribution is 9.10. The molecule has 2 heterocycles. The Hall–Kier alpha value is -0.650. The van der Waals surface area contributed by atoms with Gasteiger partial charge in [-0.25, -0.2) is 4.98 Å². The summed E-state index contributed by atoms with van der Waals surface area (Å²) in [4.78, 5) is 6.60. The Bertz CT molecular complexity index is 357. The lowest BCUT2D eigenvalue weighted by Crippen LogP contribution is -2.47. The molecule has 0 spiro atoms. The predicted octanol–water partition coefficient (Wildman–Crippen LogP) is 1.98. The molecule has 1 aromatic heterocycles. The number of morpholine rings is 1. The molecule has 0 aliphatic carbocycles. The van der Waals surface area contributed by atoms with Gasteiger partial charge in [-0.1, -0.05) is 0 Å². The quantitative estimate of drug-likeness (QED) is 0.926. The summed E-state index contributed by atoms with van der Waals surface area (Å²) in [5, 5.41) is 3.38. The number of rotatable bonds is 3. The number of pyridine rings is 1. The number of anilines is 1. The summed E-state index contributed by atoms with van der Waals surface area (Å²) >= 11 is 3.37. The minimum absolute atomic E-state index is 0.221. The molecule has 0 bridgehead atoms. The average molecular weight is 300 g/mol. The second kappa shape index (κ2) is 5.80. The van der Waals surface area contributed by atoms with Gasteiger partial charge in [0.2, 0.25) is 0 Å². The molecule has 1 aliphatic rings. The molecule has 2 rings (SSSR count). The lowest BCUT2D eigenvalue weighted by molar-refractivity contribution is -0.0259. The molecule has 2 unspecified atom stereocenters. The van der Waals surface area contributed by atoms with Gasteiger partial charge in [0.25, 0.3) is 0 Å². The monoisotopic (exact) mass is 299 g/mol. The van der Waals surface area contributed by atoms with Crippen LogP contribution in [0.25, 0.3) is 0 Å². The zero-order valence-electron chi connectivity index (χ0n) is 10.2. The van der Waals surface area contributed by atoms with E-state index in [4.69, 9.17) is 4.74 Å². The van der Waals surface area contributed by atoms with Crippen molar-refractivity contribution in [3.05, 3.63) is 22.8 Å². The Morgan fingerprint density at radius 3 is 3.06 bits per heavy atom. The van der Waals surface area contributed by atoms with E-state index in [1.54, 1.807) is 6.20 Å². The second-order valence-electron chi connectivity index (χ2n) is 4.47. The van der Waals surface area contributed by atoms with Crippen molar-refractivity contribution in [2.24, 2.45) is 0 Å². The van der Waals surface area contributed by atoms with Crippen LogP contribution >= 0.6 is 15.9 Å². The number of aromatic nitrogens is 1. The zero-order chi connectivity index (χ0) is 12.3. The molecule has 0 radical (unpaired) electrons. The Morgan fingerprint density at radius 1 is 1.59 bits per heavy atom. The van der Waals surface area contributed by atoms with Crippen molar-refractivity contribution in [3.8, 4) is 0 Å². The Morgan fingerprint density at radius 2 is 2.41 bits per heavy atom. The highest BCUT2D eigenvalue weighted by Gasteiger charge is 2.23. The number of halogens is 1. The fraction of sp³-hybridized carbons (Fsp3) is 0.583. The highest BCUT2D eigenvalue weighted by atomic mass is 79.9. The van der Waals surface area contributed by atoms with E-state index in [-0.39, 0.29) is 12.1 Å². The molecule has 1 fully saturated rings. The molecule has 1 saturated heterocycles. The number of hydrogen-bond donors (Lipinski definition) is 1. The topological polar surface area (TPSA) is 37.4 Å². The fourth-order valence-electron chi connectivity index (χ4n) is 1.90. The number of nitrogens with zero attached hydrogens (tertiary/aromatic N) is 2. The van der Waals surface area contributed by atoms with Crippen molar-refractivity contribution in [1.82, 2.24) is 9.88 Å². The van der Waals surface area contributed by atoms with Crippen LogP contribution in [0.3, 0.4) is 0 Å². The van der Waals surface area contributed by atoms with Crippen molar-refractivity contribution in [2.45, 2.75) is 19.1 Å². The minimum Gasteiger partial charge on any atom is -0.373 e. The summed E-state index contributed by atoms with van der Waals surface area (Å²) in [6, 6.07) is 4.20. The molecule has 0 amide bonds. The van der Waals surface area contributed by atoms with Crippen LogP contribution in [0.1, 0.15) is 6.92 Å². The van der Waals surface area contributed by atoms with Gasteiger partial charge in [-0.2, -0.15) is 0 Å². The molecule has 2 atom stereocenters. The molecule has 1 aromatic rings. The third kappa shape index (κ3) is 3.66. The van der Waals surface area contributed by atoms with Crippen LogP contribution in [0.5, 0.6) is 0 Å². The van der Waals surface area contributed by atoms with E-state index in [2.05, 4.69) is 45.1 Å². The third-order valence-corrected chi connectivity index (χ3v) is 3.43. The van der Waals surface area contributed by atoms with Crippen molar-refractivity contribution < 1.29 is 4.74 Å². The molecule has 1 aliphatic heterocycles. The number of likely N-dealkylation sites (N-methyl/N-ethyl adjacent to an activating group) is 1. The van der Waals surface area contributed by atoms with E-state index in [0.29, 0.717) is 0 Å². The van der Waals surface area contributed by atoms with Gasteiger partial charge in [0.05, 0.1) is 18.8 Å². The Kier molecular flexibility index (Phi) is 4.36. The molecule has 1 N–H and O–H groups in total. The van der Waals surface area contributed by atoms with E-state index in [9.17, 15) is 0 Å². The first-order valence-electron chi connectivity index (χ1n) is 5.83. The lowest BCUT2D eigenvalue weighted by atomic mass is 10.1. The molecule has 94 valence electrons. The molecule has 0 saturated carbocycles. The van der Waals surface area contributed by atoms with E-state index in [1.165, 1.54) is 0 Å². The first-order chi connectivity index (χ1) is 8.15. The van der Waals surface area contributed by atoms with Gasteiger partial charge in [0, 0.05) is 23.8 Å². The zero-order valence-corrected chi connectivity index (χ0v) is 11.8. The largest absolute Gasteiger partial charge is 0.373 e. The van der Waals surface area contributed by atoms with Crippen LogP contribution in [0.15, 0.2) is 22.8 Å². The van der Waals surface area contributed by atoms with Crippen molar-refractivity contribution >= 4 is 21.7 Å². The first kappa shape index (κ1) is 12.8. The summed E-state index contributed by atoms with van der Waals surface area (Å²) in [5.74, 6) is 0.887. The van der Waals surface area contributed by atoms with E-state index in [1.807, 2.05) is 12.1 Å². The summed E-state index contributed by atoms with van der Waals surface area (Å²) in [5.41, 5.74) is 0. The molecular weight excluding hydrogens is 282 g/mol. The van der Waals surface area contributed by atoms with Crippen LogP contribution in [0, 0.1) is 0 Å². The Balaban J connectivity index is 1.91. The SMILES string of the molecule is CC(Nc1ccc(Br)cn1)C1CN(C)CCO1. The van der Waals surface area contributed by atoms with Gasteiger partial charge in [0.15, 0.2) is 0 Å². The third-order valence-electron chi connectivity index (χ3n) is 2.96. The maximum absolute atomic E-state index is 5.76. The molecular formula is C12H18BrN3O. The normalized spacial score (nSPS) is 23.4. The second-order valence-corrected chi connectivity index (χ2v) is 5.38. The van der Waals surface area contributed by atoms with Crippen molar-refractivity contribution in [1.29, 1.82) is 0 Å². The standard InChI is InChI=1S/C12H18BrN3O/c1-9(11-8-16(2)5-6-17-11)15-12-4-3-10(13)7-14-12/h3-4,7,9,11H,5-6,8H2,1-2H3,(H,14,15). The van der Waals surface area contributed by atoms with Crippen LogP contribution in [0.4, 0.5) is 5.82 Å². The summed E-state index contributed by atoms with van der Waals surface area (Å²) in [6.07, 6.45) is 2.02. The summed E-state index contributed by atoms with van der Waals surface area (Å²) in [6.45, 7) is 4.92. The van der Waals surface area contributed by atoms with Gasteiger partial charge in [-0.05, 0) is 42.0 Å². The summed E-state index contributed by atoms with van der Waals surface area (Å²) in [7, 11) is 2.13. The van der Waals surface area contributed by atoms with E-state index >= 15 is 0 Å². The Labute approximate surface area is 110 Å². The van der Waals surface area contributed by atoms with Crippen LogP contribution in [-0.4, -0.2) is 48.8 Å². The maximum Gasteiger partial charge on any atom is 0.126 e. The number of nitrogens with one attached hydrogen (secondary N) is 1. The maximum atomic E-state index is 5.76. The van der Waals surface area contributed by atoms with Crippen molar-refractivity contribution in [3.63, 3.8) is 0 Å². The van der Waals surface area contributed by atoms with Gasteiger partial charge >= 0.3 is 0 Å². The van der Waals surface area contributed by atoms with E-state index in [0.717, 1.165) is 30.0 Å². The predicted molar refractivity (Wildman–Crippen MR) is 72.3 cm³/mol. The molecule has 17 heavy (non-hydrogen) atoms. The first-order valence-corrected chi connectivity index (χ1v) is 6.62. The number of hydrogen-bond acceptors (Lipinski definition) is 4. The van der Waals surface area contributed by atoms with Gasteiger partial charge < -0.3 is 15.0 Å². The lowest BCUT2D eigenvalue weighted by Gasteiger charge is -2.34. The van der Waals surface area contributed by atoms with E-state index < -0.39 is 0 Å². The van der Waals surface area contributed by atoms with Crippen molar-refractivity contribution in [2.75, 3.05) is 32.1 Å². The smallest absolute Gasteiger partial charge is 0.126 e. The average Bonchev–Trinajstić information content (AvgIpc) is 2.32. The fourth-order valence-corrected chi connectivity index (χ4v) is 2.14. The van der Waals surface area contributed by atoms with Gasteiger partial charge in [0.1, 0.15) is 5.82 Å².